The molecule has 0 radical (unpaired) electrons. The summed E-state index contributed by atoms with van der Waals surface area (Å²) in [6, 6.07) is 3.59. The lowest BCUT2D eigenvalue weighted by Crippen LogP contribution is -1.99. The van der Waals surface area contributed by atoms with Crippen LogP contribution in [0.3, 0.4) is 0 Å². The van der Waals surface area contributed by atoms with E-state index < -0.39 is 12.9 Å². The van der Waals surface area contributed by atoms with Gasteiger partial charge in [0.05, 0.1) is 0 Å². The SMILES string of the molecule is FC(F)CC[SiH2]CC[SiH2]CCC(F)F. The summed E-state index contributed by atoms with van der Waals surface area (Å²) in [6.07, 6.45) is -4.22. The van der Waals surface area contributed by atoms with Crippen molar-refractivity contribution in [2.75, 3.05) is 0 Å². The van der Waals surface area contributed by atoms with E-state index in [0.29, 0.717) is 12.1 Å². The molecule has 0 aromatic carbocycles. The molecule has 0 rings (SSSR count). The summed E-state index contributed by atoms with van der Waals surface area (Å²) in [5.74, 6) is 0. The van der Waals surface area contributed by atoms with Gasteiger partial charge in [0.1, 0.15) is 0 Å². The molecule has 0 bridgehead atoms. The Kier molecular flexibility index (Phi) is 9.81. The molecule has 0 aliphatic heterocycles. The van der Waals surface area contributed by atoms with Crippen LogP contribution in [0.2, 0.25) is 24.2 Å². The molecule has 0 unspecified atom stereocenters. The Balaban J connectivity index is 2.92. The third-order valence-electron chi connectivity index (χ3n) is 2.09. The van der Waals surface area contributed by atoms with Crippen LogP contribution in [-0.4, -0.2) is 31.9 Å². The lowest BCUT2D eigenvalue weighted by molar-refractivity contribution is 0.143. The van der Waals surface area contributed by atoms with Gasteiger partial charge in [-0.1, -0.05) is 24.2 Å². The number of rotatable bonds is 9. The molecule has 0 amide bonds. The lowest BCUT2D eigenvalue weighted by atomic mass is 10.5. The third-order valence-corrected chi connectivity index (χ3v) is 6.91. The fourth-order valence-corrected chi connectivity index (χ4v) is 6.03. The highest BCUT2D eigenvalue weighted by Gasteiger charge is 2.03. The van der Waals surface area contributed by atoms with E-state index in [2.05, 4.69) is 0 Å². The fourth-order valence-electron chi connectivity index (χ4n) is 1.30. The van der Waals surface area contributed by atoms with E-state index in [0.717, 1.165) is 12.1 Å². The van der Waals surface area contributed by atoms with Gasteiger partial charge in [0.15, 0.2) is 0 Å². The predicted molar refractivity (Wildman–Crippen MR) is 57.6 cm³/mol. The minimum atomic E-state index is -2.15. The Labute approximate surface area is 87.1 Å². The van der Waals surface area contributed by atoms with Crippen LogP contribution in [0, 0.1) is 0 Å². The van der Waals surface area contributed by atoms with Gasteiger partial charge in [0.2, 0.25) is 12.9 Å². The Morgan fingerprint density at radius 2 is 1.00 bits per heavy atom. The molecule has 0 heterocycles. The normalized spacial score (nSPS) is 13.3. The number of alkyl halides is 4. The number of hydrogen-bond acceptors (Lipinski definition) is 0. The van der Waals surface area contributed by atoms with E-state index in [9.17, 15) is 17.6 Å². The molecule has 0 fully saturated rings. The van der Waals surface area contributed by atoms with Crippen LogP contribution in [-0.2, 0) is 0 Å². The quantitative estimate of drug-likeness (QED) is 0.333. The van der Waals surface area contributed by atoms with Crippen molar-refractivity contribution in [2.45, 2.75) is 49.9 Å². The first-order valence-corrected chi connectivity index (χ1v) is 9.19. The lowest BCUT2D eigenvalue weighted by Gasteiger charge is -2.00. The van der Waals surface area contributed by atoms with Crippen LogP contribution in [0.5, 0.6) is 0 Å². The molecule has 0 aromatic heterocycles. The van der Waals surface area contributed by atoms with Crippen molar-refractivity contribution in [2.24, 2.45) is 0 Å². The zero-order chi connectivity index (χ0) is 10.8. The molecule has 0 aromatic rings. The van der Waals surface area contributed by atoms with Crippen molar-refractivity contribution < 1.29 is 17.6 Å². The van der Waals surface area contributed by atoms with Crippen molar-refractivity contribution in [1.82, 2.24) is 0 Å². The summed E-state index contributed by atoms with van der Waals surface area (Å²) in [5.41, 5.74) is 0. The first-order chi connectivity index (χ1) is 6.63. The van der Waals surface area contributed by atoms with E-state index in [1.165, 1.54) is 0 Å². The van der Waals surface area contributed by atoms with Gasteiger partial charge in [-0.3, -0.25) is 0 Å². The van der Waals surface area contributed by atoms with Crippen molar-refractivity contribution in [3.63, 3.8) is 0 Å². The van der Waals surface area contributed by atoms with Gasteiger partial charge in [-0.25, -0.2) is 17.6 Å². The molecule has 0 aliphatic rings. The van der Waals surface area contributed by atoms with Crippen LogP contribution in [0.25, 0.3) is 0 Å². The third kappa shape index (κ3) is 12.2. The van der Waals surface area contributed by atoms with Crippen LogP contribution in [0.15, 0.2) is 0 Å². The molecule has 0 saturated carbocycles. The van der Waals surface area contributed by atoms with Gasteiger partial charge < -0.3 is 0 Å². The summed E-state index contributed by atoms with van der Waals surface area (Å²) in [6.45, 7) is 0. The Morgan fingerprint density at radius 1 is 0.643 bits per heavy atom. The Bertz CT molecular complexity index is 108. The maximum atomic E-state index is 11.7. The van der Waals surface area contributed by atoms with Gasteiger partial charge in [-0.05, 0) is 0 Å². The molecule has 6 heteroatoms. The first-order valence-electron chi connectivity index (χ1n) is 5.19. The molecule has 0 N–H and O–H groups in total. The largest absolute Gasteiger partial charge is 0.238 e. The molecule has 0 nitrogen and oxygen atoms in total. The van der Waals surface area contributed by atoms with E-state index in [1.54, 1.807) is 0 Å². The highest BCUT2D eigenvalue weighted by molar-refractivity contribution is 6.42. The maximum absolute atomic E-state index is 11.7. The van der Waals surface area contributed by atoms with E-state index in [-0.39, 0.29) is 31.9 Å². The standard InChI is InChI=1S/C8H18F4Si2/c9-7(10)1-3-13-5-6-14-4-2-8(11)12/h7-8H,1-6,13-14H2. The smallest absolute Gasteiger partial charge is 0.211 e. The van der Waals surface area contributed by atoms with E-state index >= 15 is 0 Å². The topological polar surface area (TPSA) is 0 Å². The van der Waals surface area contributed by atoms with Gasteiger partial charge >= 0.3 is 0 Å². The summed E-state index contributed by atoms with van der Waals surface area (Å²) < 4.78 is 46.8. The van der Waals surface area contributed by atoms with Crippen molar-refractivity contribution >= 4 is 19.0 Å². The molecular formula is C8H18F4Si2. The van der Waals surface area contributed by atoms with Crippen molar-refractivity contribution in [1.29, 1.82) is 0 Å². The van der Waals surface area contributed by atoms with Gasteiger partial charge in [0.25, 0.3) is 0 Å². The summed E-state index contributed by atoms with van der Waals surface area (Å²) in [5, 5.41) is 0. The maximum Gasteiger partial charge on any atom is 0.238 e. The van der Waals surface area contributed by atoms with Crippen LogP contribution in [0.4, 0.5) is 17.6 Å². The molecule has 0 spiro atoms. The molecule has 0 atom stereocenters. The average Bonchev–Trinajstić information content (AvgIpc) is 2.08. The van der Waals surface area contributed by atoms with Crippen LogP contribution < -0.4 is 0 Å². The second-order valence-electron chi connectivity index (χ2n) is 3.48. The van der Waals surface area contributed by atoms with Gasteiger partial charge in [0, 0.05) is 31.9 Å². The molecular weight excluding hydrogens is 228 g/mol. The zero-order valence-electron chi connectivity index (χ0n) is 8.32. The van der Waals surface area contributed by atoms with E-state index in [1.807, 2.05) is 0 Å². The summed E-state index contributed by atoms with van der Waals surface area (Å²) in [7, 11) is -0.623. The fraction of sp³-hybridized carbons (Fsp3) is 1.00. The molecule has 0 saturated heterocycles. The van der Waals surface area contributed by atoms with Crippen LogP contribution in [0.1, 0.15) is 12.8 Å². The molecule has 14 heavy (non-hydrogen) atoms. The summed E-state index contributed by atoms with van der Waals surface area (Å²) in [4.78, 5) is 0. The number of hydrogen-bond donors (Lipinski definition) is 0. The first kappa shape index (κ1) is 14.2. The second-order valence-corrected chi connectivity index (χ2v) is 7.72. The highest BCUT2D eigenvalue weighted by Crippen LogP contribution is 2.07. The highest BCUT2D eigenvalue weighted by atomic mass is 28.2. The van der Waals surface area contributed by atoms with Crippen molar-refractivity contribution in [3.8, 4) is 0 Å². The zero-order valence-corrected chi connectivity index (χ0v) is 11.2. The predicted octanol–water partition coefficient (Wildman–Crippen LogP) is 2.31. The molecule has 0 aliphatic carbocycles. The van der Waals surface area contributed by atoms with Crippen molar-refractivity contribution in [3.05, 3.63) is 0 Å². The second kappa shape index (κ2) is 9.70. The summed E-state index contributed by atoms with van der Waals surface area (Å²) >= 11 is 0. The average molecular weight is 246 g/mol. The van der Waals surface area contributed by atoms with E-state index in [4.69, 9.17) is 0 Å². The molecule has 86 valence electrons. The minimum absolute atomic E-state index is 0.0464. The monoisotopic (exact) mass is 246 g/mol. The Morgan fingerprint density at radius 3 is 1.29 bits per heavy atom. The van der Waals surface area contributed by atoms with Gasteiger partial charge in [-0.15, -0.1) is 0 Å². The Hall–Kier alpha value is 0.154. The minimum Gasteiger partial charge on any atom is -0.211 e. The number of halogens is 4. The van der Waals surface area contributed by atoms with Gasteiger partial charge in [-0.2, -0.15) is 0 Å². The van der Waals surface area contributed by atoms with Crippen LogP contribution >= 0.6 is 0 Å².